The molecule has 0 radical (unpaired) electrons. The molecule has 0 amide bonds. The maximum Gasteiger partial charge on any atom is 0.253 e. The Morgan fingerprint density at radius 1 is 1.26 bits per heavy atom. The molecule has 2 heterocycles. The van der Waals surface area contributed by atoms with Gasteiger partial charge in [-0.05, 0) is 36.8 Å². The Morgan fingerprint density at radius 2 is 2.05 bits per heavy atom. The first-order valence-electron chi connectivity index (χ1n) is 5.93. The Labute approximate surface area is 114 Å². The van der Waals surface area contributed by atoms with Crippen molar-refractivity contribution in [2.24, 2.45) is 0 Å². The summed E-state index contributed by atoms with van der Waals surface area (Å²) < 4.78 is 1.72. The molecule has 0 aliphatic carbocycles. The number of phenolic OH excluding ortho intramolecular Hbond substituents is 1. The van der Waals surface area contributed by atoms with E-state index < -0.39 is 0 Å². The van der Waals surface area contributed by atoms with E-state index >= 15 is 0 Å². The topological polar surface area (TPSA) is 63.3 Å². The minimum Gasteiger partial charge on any atom is -0.508 e. The van der Waals surface area contributed by atoms with Gasteiger partial charge in [-0.2, -0.15) is 14.6 Å². The van der Waals surface area contributed by atoms with Gasteiger partial charge in [0.05, 0.1) is 0 Å². The van der Waals surface area contributed by atoms with Gasteiger partial charge in [-0.25, -0.2) is 4.98 Å². The molecule has 3 aromatic rings. The average Bonchev–Trinajstić information content (AvgIpc) is 2.89. The third-order valence-electron chi connectivity index (χ3n) is 2.69. The molecule has 1 N–H and O–H groups in total. The van der Waals surface area contributed by atoms with E-state index in [9.17, 15) is 5.11 Å². The quantitative estimate of drug-likeness (QED) is 0.742. The smallest absolute Gasteiger partial charge is 0.253 e. The van der Waals surface area contributed by atoms with Crippen LogP contribution in [0.1, 0.15) is 12.6 Å². The lowest BCUT2D eigenvalue weighted by Crippen LogP contribution is -1.99. The van der Waals surface area contributed by atoms with Crippen LogP contribution in [0.4, 0.5) is 0 Å². The number of aromatic nitrogens is 4. The van der Waals surface area contributed by atoms with E-state index in [1.54, 1.807) is 28.4 Å². The second-order valence-corrected chi connectivity index (χ2v) is 5.10. The van der Waals surface area contributed by atoms with Gasteiger partial charge in [0.2, 0.25) is 0 Å². The highest BCUT2D eigenvalue weighted by atomic mass is 32.2. The number of fused-ring (bicyclic) bond motifs is 1. The van der Waals surface area contributed by atoms with Gasteiger partial charge >= 0.3 is 0 Å². The lowest BCUT2D eigenvalue weighted by atomic mass is 10.3. The molecule has 6 heteroatoms. The maximum atomic E-state index is 9.30. The number of hydrogen-bond donors (Lipinski definition) is 1. The van der Waals surface area contributed by atoms with E-state index in [4.69, 9.17) is 0 Å². The van der Waals surface area contributed by atoms with Crippen LogP contribution in [-0.2, 0) is 6.42 Å². The van der Waals surface area contributed by atoms with Crippen LogP contribution in [0.2, 0.25) is 0 Å². The molecule has 0 spiro atoms. The van der Waals surface area contributed by atoms with Gasteiger partial charge < -0.3 is 5.11 Å². The Bertz CT molecular complexity index is 708. The van der Waals surface area contributed by atoms with Crippen molar-refractivity contribution in [1.29, 1.82) is 0 Å². The van der Waals surface area contributed by atoms with Gasteiger partial charge in [0, 0.05) is 10.6 Å². The van der Waals surface area contributed by atoms with Gasteiger partial charge in [0.1, 0.15) is 17.1 Å². The number of phenols is 1. The highest BCUT2D eigenvalue weighted by Crippen LogP contribution is 2.29. The van der Waals surface area contributed by atoms with Crippen LogP contribution in [0.3, 0.4) is 0 Å². The van der Waals surface area contributed by atoms with Crippen LogP contribution in [0.15, 0.2) is 46.6 Å². The molecule has 0 aliphatic heterocycles. The van der Waals surface area contributed by atoms with Crippen molar-refractivity contribution in [2.75, 3.05) is 0 Å². The Hall–Kier alpha value is -2.08. The Kier molecular flexibility index (Phi) is 3.08. The van der Waals surface area contributed by atoms with E-state index in [1.165, 1.54) is 6.33 Å². The standard InChI is InChI=1S/C13H12N4OS/c1-2-9-7-12(17-13(16-9)14-8-15-17)19-11-5-3-10(18)4-6-11/h3-8,18H,2H2,1H3. The molecular formula is C13H12N4OS. The fourth-order valence-electron chi connectivity index (χ4n) is 1.72. The van der Waals surface area contributed by atoms with Crippen molar-refractivity contribution in [3.8, 4) is 5.75 Å². The van der Waals surface area contributed by atoms with Gasteiger partial charge in [-0.15, -0.1) is 0 Å². The van der Waals surface area contributed by atoms with Crippen molar-refractivity contribution in [3.63, 3.8) is 0 Å². The largest absolute Gasteiger partial charge is 0.508 e. The van der Waals surface area contributed by atoms with Gasteiger partial charge in [0.15, 0.2) is 0 Å². The van der Waals surface area contributed by atoms with E-state index in [-0.39, 0.29) is 5.75 Å². The highest BCUT2D eigenvalue weighted by Gasteiger charge is 2.08. The number of hydrogen-bond acceptors (Lipinski definition) is 5. The summed E-state index contributed by atoms with van der Waals surface area (Å²) in [6, 6.07) is 9.09. The third-order valence-corrected chi connectivity index (χ3v) is 3.70. The molecule has 3 rings (SSSR count). The van der Waals surface area contributed by atoms with Crippen molar-refractivity contribution in [3.05, 3.63) is 42.4 Å². The molecule has 19 heavy (non-hydrogen) atoms. The van der Waals surface area contributed by atoms with Crippen LogP contribution < -0.4 is 0 Å². The number of aryl methyl sites for hydroxylation is 1. The molecule has 0 aliphatic rings. The van der Waals surface area contributed by atoms with Crippen LogP contribution in [-0.4, -0.2) is 24.7 Å². The molecule has 0 unspecified atom stereocenters. The van der Waals surface area contributed by atoms with Gasteiger partial charge in [-0.1, -0.05) is 18.7 Å². The van der Waals surface area contributed by atoms with Crippen molar-refractivity contribution in [2.45, 2.75) is 23.3 Å². The maximum absolute atomic E-state index is 9.30. The fraction of sp³-hybridized carbons (Fsp3) is 0.154. The first-order chi connectivity index (χ1) is 9.26. The fourth-order valence-corrected chi connectivity index (χ4v) is 2.64. The molecular weight excluding hydrogens is 260 g/mol. The molecule has 96 valence electrons. The van der Waals surface area contributed by atoms with Crippen LogP contribution >= 0.6 is 11.8 Å². The summed E-state index contributed by atoms with van der Waals surface area (Å²) in [4.78, 5) is 9.57. The highest BCUT2D eigenvalue weighted by molar-refractivity contribution is 7.99. The van der Waals surface area contributed by atoms with Crippen LogP contribution in [0.5, 0.6) is 5.75 Å². The Balaban J connectivity index is 2.03. The number of aromatic hydroxyl groups is 1. The van der Waals surface area contributed by atoms with Gasteiger partial charge in [0.25, 0.3) is 5.78 Å². The van der Waals surface area contributed by atoms with E-state index in [2.05, 4.69) is 22.0 Å². The minimum atomic E-state index is 0.263. The molecule has 2 aromatic heterocycles. The Morgan fingerprint density at radius 3 is 2.79 bits per heavy atom. The third kappa shape index (κ3) is 2.39. The van der Waals surface area contributed by atoms with Crippen molar-refractivity contribution >= 4 is 17.5 Å². The number of benzene rings is 1. The zero-order chi connectivity index (χ0) is 13.2. The van der Waals surface area contributed by atoms with E-state index in [0.29, 0.717) is 5.78 Å². The van der Waals surface area contributed by atoms with E-state index in [1.807, 2.05) is 18.2 Å². The lowest BCUT2D eigenvalue weighted by molar-refractivity contribution is 0.475. The summed E-state index contributed by atoms with van der Waals surface area (Å²) in [6.07, 6.45) is 2.36. The zero-order valence-corrected chi connectivity index (χ0v) is 11.1. The SMILES string of the molecule is CCc1cc(Sc2ccc(O)cc2)n2ncnc2n1. The molecule has 0 atom stereocenters. The lowest BCUT2D eigenvalue weighted by Gasteiger charge is -2.06. The predicted molar refractivity (Wildman–Crippen MR) is 72.4 cm³/mol. The summed E-state index contributed by atoms with van der Waals surface area (Å²) in [6.45, 7) is 2.06. The van der Waals surface area contributed by atoms with Gasteiger partial charge in [-0.3, -0.25) is 0 Å². The summed E-state index contributed by atoms with van der Waals surface area (Å²) in [7, 11) is 0. The monoisotopic (exact) mass is 272 g/mol. The summed E-state index contributed by atoms with van der Waals surface area (Å²) in [5.41, 5.74) is 0.988. The zero-order valence-electron chi connectivity index (χ0n) is 10.3. The predicted octanol–water partition coefficient (Wildman–Crippen LogP) is 2.54. The molecule has 0 saturated heterocycles. The van der Waals surface area contributed by atoms with Crippen LogP contribution in [0, 0.1) is 0 Å². The van der Waals surface area contributed by atoms with E-state index in [0.717, 1.165) is 22.0 Å². The molecule has 1 aromatic carbocycles. The number of nitrogens with zero attached hydrogens (tertiary/aromatic N) is 4. The first-order valence-corrected chi connectivity index (χ1v) is 6.74. The normalized spacial score (nSPS) is 11.0. The first kappa shape index (κ1) is 12.0. The summed E-state index contributed by atoms with van der Waals surface area (Å²) >= 11 is 1.57. The number of rotatable bonds is 3. The average molecular weight is 272 g/mol. The summed E-state index contributed by atoms with van der Waals surface area (Å²) in [5, 5.41) is 14.4. The van der Waals surface area contributed by atoms with Crippen molar-refractivity contribution < 1.29 is 5.11 Å². The molecule has 5 nitrogen and oxygen atoms in total. The molecule has 0 fully saturated rings. The second-order valence-electron chi connectivity index (χ2n) is 4.01. The second kappa shape index (κ2) is 4.89. The minimum absolute atomic E-state index is 0.263. The van der Waals surface area contributed by atoms with Crippen LogP contribution in [0.25, 0.3) is 5.78 Å². The summed E-state index contributed by atoms with van der Waals surface area (Å²) in [5.74, 6) is 0.875. The molecule has 0 saturated carbocycles. The van der Waals surface area contributed by atoms with Crippen molar-refractivity contribution in [1.82, 2.24) is 19.6 Å². The molecule has 0 bridgehead atoms.